The van der Waals surface area contributed by atoms with E-state index in [0.717, 1.165) is 15.9 Å². The maximum Gasteiger partial charge on any atom is 0.305 e. The van der Waals surface area contributed by atoms with Gasteiger partial charge in [0.1, 0.15) is 5.82 Å². The number of imidazole rings is 1. The molecule has 100 valence electrons. The number of aliphatic carboxylic acids is 1. The lowest BCUT2D eigenvalue weighted by molar-refractivity contribution is -0.137. The van der Waals surface area contributed by atoms with Crippen LogP contribution >= 0.6 is 27.5 Å². The summed E-state index contributed by atoms with van der Waals surface area (Å²) in [7, 11) is 0. The normalized spacial score (nSPS) is 10.6. The van der Waals surface area contributed by atoms with E-state index in [4.69, 9.17) is 16.7 Å². The third-order valence-electron chi connectivity index (χ3n) is 2.71. The van der Waals surface area contributed by atoms with E-state index in [1.165, 1.54) is 0 Å². The third-order valence-corrected chi connectivity index (χ3v) is 3.93. The Morgan fingerprint density at radius 1 is 1.47 bits per heavy atom. The molecule has 6 heteroatoms. The highest BCUT2D eigenvalue weighted by molar-refractivity contribution is 9.10. The van der Waals surface area contributed by atoms with Crippen LogP contribution in [0.3, 0.4) is 0 Å². The molecule has 1 aromatic carbocycles. The van der Waals surface area contributed by atoms with Gasteiger partial charge in [-0.1, -0.05) is 17.7 Å². The van der Waals surface area contributed by atoms with E-state index in [0.29, 0.717) is 18.0 Å². The van der Waals surface area contributed by atoms with E-state index in [1.54, 1.807) is 12.4 Å². The Balaban J connectivity index is 2.12. The van der Waals surface area contributed by atoms with Crippen molar-refractivity contribution >= 4 is 33.5 Å². The van der Waals surface area contributed by atoms with Crippen LogP contribution in [-0.2, 0) is 17.8 Å². The van der Waals surface area contributed by atoms with Gasteiger partial charge in [0, 0.05) is 29.8 Å². The largest absolute Gasteiger partial charge is 0.481 e. The van der Waals surface area contributed by atoms with E-state index >= 15 is 0 Å². The first kappa shape index (κ1) is 14.1. The lowest BCUT2D eigenvalue weighted by Gasteiger charge is -2.07. The van der Waals surface area contributed by atoms with Crippen molar-refractivity contribution in [3.8, 4) is 0 Å². The number of benzene rings is 1. The van der Waals surface area contributed by atoms with Crippen LogP contribution < -0.4 is 0 Å². The molecule has 0 atom stereocenters. The molecule has 0 saturated heterocycles. The highest BCUT2D eigenvalue weighted by atomic mass is 79.9. The van der Waals surface area contributed by atoms with Crippen molar-refractivity contribution in [1.29, 1.82) is 0 Å². The molecule has 0 unspecified atom stereocenters. The van der Waals surface area contributed by atoms with Crippen LogP contribution in [0.2, 0.25) is 5.02 Å². The smallest absolute Gasteiger partial charge is 0.305 e. The second-order valence-corrected chi connectivity index (χ2v) is 5.37. The van der Waals surface area contributed by atoms with Crippen molar-refractivity contribution in [2.75, 3.05) is 0 Å². The first-order valence-corrected chi connectivity index (χ1v) is 6.89. The topological polar surface area (TPSA) is 55.1 Å². The molecule has 0 fully saturated rings. The molecule has 0 spiro atoms. The summed E-state index contributed by atoms with van der Waals surface area (Å²) < 4.78 is 2.70. The minimum Gasteiger partial charge on any atom is -0.481 e. The molecule has 1 N–H and O–H groups in total. The quantitative estimate of drug-likeness (QED) is 0.905. The van der Waals surface area contributed by atoms with Gasteiger partial charge in [0.2, 0.25) is 0 Å². The summed E-state index contributed by atoms with van der Waals surface area (Å²) in [4.78, 5) is 14.9. The SMILES string of the molecule is O=C(O)CCn1ccnc1Cc1ccc(Cl)c(Br)c1. The Bertz CT molecular complexity index is 598. The maximum absolute atomic E-state index is 10.6. The highest BCUT2D eigenvalue weighted by Gasteiger charge is 2.07. The summed E-state index contributed by atoms with van der Waals surface area (Å²) in [6.45, 7) is 0.430. The number of carboxylic acids is 1. The van der Waals surface area contributed by atoms with Crippen molar-refractivity contribution in [3.63, 3.8) is 0 Å². The van der Waals surface area contributed by atoms with E-state index in [-0.39, 0.29) is 6.42 Å². The summed E-state index contributed by atoms with van der Waals surface area (Å²) in [6, 6.07) is 5.70. The zero-order chi connectivity index (χ0) is 13.8. The number of hydrogen-bond donors (Lipinski definition) is 1. The summed E-state index contributed by atoms with van der Waals surface area (Å²) in [5, 5.41) is 9.37. The van der Waals surface area contributed by atoms with E-state index < -0.39 is 5.97 Å². The lowest BCUT2D eigenvalue weighted by Crippen LogP contribution is -2.08. The van der Waals surface area contributed by atoms with Crippen LogP contribution in [0.25, 0.3) is 0 Å². The standard InChI is InChI=1S/C13H12BrClN2O2/c14-10-7-9(1-2-11(10)15)8-12-16-4-6-17(12)5-3-13(18)19/h1-2,4,6-7H,3,5,8H2,(H,18,19). The number of nitrogens with zero attached hydrogens (tertiary/aromatic N) is 2. The van der Waals surface area contributed by atoms with Gasteiger partial charge in [0.15, 0.2) is 0 Å². The van der Waals surface area contributed by atoms with Crippen molar-refractivity contribution in [2.45, 2.75) is 19.4 Å². The number of halogens is 2. The lowest BCUT2D eigenvalue weighted by atomic mass is 10.1. The first-order valence-electron chi connectivity index (χ1n) is 5.72. The van der Waals surface area contributed by atoms with Gasteiger partial charge in [-0.2, -0.15) is 0 Å². The molecule has 0 aliphatic rings. The van der Waals surface area contributed by atoms with Gasteiger partial charge in [-0.15, -0.1) is 0 Å². The van der Waals surface area contributed by atoms with Gasteiger partial charge in [0.25, 0.3) is 0 Å². The number of aromatic nitrogens is 2. The second kappa shape index (κ2) is 6.21. The number of aryl methyl sites for hydroxylation is 1. The minimum absolute atomic E-state index is 0.0909. The zero-order valence-electron chi connectivity index (χ0n) is 10.0. The fraction of sp³-hybridized carbons (Fsp3) is 0.231. The molecule has 1 heterocycles. The van der Waals surface area contributed by atoms with Gasteiger partial charge in [-0.25, -0.2) is 4.98 Å². The zero-order valence-corrected chi connectivity index (χ0v) is 12.4. The third kappa shape index (κ3) is 3.81. The van der Waals surface area contributed by atoms with Crippen LogP contribution in [0.4, 0.5) is 0 Å². The number of hydrogen-bond acceptors (Lipinski definition) is 2. The average Bonchev–Trinajstić information content (AvgIpc) is 2.79. The number of rotatable bonds is 5. The number of carboxylic acid groups (broad SMARTS) is 1. The van der Waals surface area contributed by atoms with Gasteiger partial charge >= 0.3 is 5.97 Å². The first-order chi connectivity index (χ1) is 9.06. The monoisotopic (exact) mass is 342 g/mol. The van der Waals surface area contributed by atoms with Gasteiger partial charge < -0.3 is 9.67 Å². The van der Waals surface area contributed by atoms with E-state index in [9.17, 15) is 4.79 Å². The predicted octanol–water partition coefficient (Wildman–Crippen LogP) is 3.36. The summed E-state index contributed by atoms with van der Waals surface area (Å²) in [5.74, 6) is 0.0318. The van der Waals surface area contributed by atoms with Crippen molar-refractivity contribution in [1.82, 2.24) is 9.55 Å². The average molecular weight is 344 g/mol. The fourth-order valence-corrected chi connectivity index (χ4v) is 2.30. The predicted molar refractivity (Wildman–Crippen MR) is 76.4 cm³/mol. The molecule has 0 bridgehead atoms. The van der Waals surface area contributed by atoms with Gasteiger partial charge in [0.05, 0.1) is 11.4 Å². The molecule has 4 nitrogen and oxygen atoms in total. The molecular formula is C13H12BrClN2O2. The summed E-state index contributed by atoms with van der Waals surface area (Å²) in [5.41, 5.74) is 1.07. The van der Waals surface area contributed by atoms with Crippen LogP contribution in [0.1, 0.15) is 17.8 Å². The molecule has 19 heavy (non-hydrogen) atoms. The Morgan fingerprint density at radius 2 is 2.26 bits per heavy atom. The Hall–Kier alpha value is -1.33. The van der Waals surface area contributed by atoms with E-state index in [2.05, 4.69) is 20.9 Å². The highest BCUT2D eigenvalue weighted by Crippen LogP contribution is 2.24. The molecule has 0 saturated carbocycles. The molecule has 0 aliphatic heterocycles. The van der Waals surface area contributed by atoms with Crippen LogP contribution in [-0.4, -0.2) is 20.6 Å². The van der Waals surface area contributed by atoms with E-state index in [1.807, 2.05) is 22.8 Å². The maximum atomic E-state index is 10.6. The molecule has 1 aromatic heterocycles. The summed E-state index contributed by atoms with van der Waals surface area (Å²) in [6.07, 6.45) is 4.21. The van der Waals surface area contributed by atoms with Gasteiger partial charge in [-0.3, -0.25) is 4.79 Å². The minimum atomic E-state index is -0.811. The van der Waals surface area contributed by atoms with Crippen LogP contribution in [0.5, 0.6) is 0 Å². The number of carbonyl (C=O) groups is 1. The van der Waals surface area contributed by atoms with Gasteiger partial charge in [-0.05, 0) is 33.6 Å². The Labute approximate surface area is 124 Å². The van der Waals surface area contributed by atoms with Crippen LogP contribution in [0.15, 0.2) is 35.1 Å². The summed E-state index contributed by atoms with van der Waals surface area (Å²) >= 11 is 9.33. The molecule has 0 aliphatic carbocycles. The molecular weight excluding hydrogens is 332 g/mol. The molecule has 0 amide bonds. The second-order valence-electron chi connectivity index (χ2n) is 4.11. The molecule has 0 radical (unpaired) electrons. The molecule has 2 aromatic rings. The Kier molecular flexibility index (Phi) is 4.61. The fourth-order valence-electron chi connectivity index (χ4n) is 1.76. The molecule has 2 rings (SSSR count). The van der Waals surface area contributed by atoms with Crippen LogP contribution in [0, 0.1) is 0 Å². The van der Waals surface area contributed by atoms with Crippen molar-refractivity contribution in [3.05, 3.63) is 51.5 Å². The van der Waals surface area contributed by atoms with Crippen molar-refractivity contribution < 1.29 is 9.90 Å². The Morgan fingerprint density at radius 3 is 2.95 bits per heavy atom. The van der Waals surface area contributed by atoms with Crippen molar-refractivity contribution in [2.24, 2.45) is 0 Å².